The van der Waals surface area contributed by atoms with Crippen LogP contribution >= 0.6 is 19.1 Å². The van der Waals surface area contributed by atoms with E-state index in [-0.39, 0.29) is 6.10 Å². The third-order valence-corrected chi connectivity index (χ3v) is 4.01. The number of nitrogens with one attached hydrogen (secondary N) is 1. The van der Waals surface area contributed by atoms with Crippen molar-refractivity contribution in [3.8, 4) is 5.75 Å². The number of hydrogen-bond donors (Lipinski definition) is 1. The van der Waals surface area contributed by atoms with Gasteiger partial charge in [0.25, 0.3) is 0 Å². The highest BCUT2D eigenvalue weighted by atomic mass is 35.5. The lowest BCUT2D eigenvalue weighted by Gasteiger charge is -2.30. The Balaban J connectivity index is 2.41. The number of rotatable bonds is 2. The van der Waals surface area contributed by atoms with Crippen LogP contribution < -0.4 is 9.61 Å². The second-order valence-corrected chi connectivity index (χ2v) is 7.24. The quantitative estimate of drug-likeness (QED) is 0.671. The van der Waals surface area contributed by atoms with Gasteiger partial charge in [0.15, 0.2) is 0 Å². The van der Waals surface area contributed by atoms with Crippen molar-refractivity contribution in [3.05, 3.63) is 28.8 Å². The van der Waals surface area contributed by atoms with Crippen molar-refractivity contribution in [1.82, 2.24) is 5.09 Å². The largest absolute Gasteiger partial charge is 0.462 e. The summed E-state index contributed by atoms with van der Waals surface area (Å²) in [6, 6.07) is 4.00. The molecule has 1 heterocycles. The van der Waals surface area contributed by atoms with E-state index < -0.39 is 19.5 Å². The number of carbonyl (C=O) groups excluding carboxylic acids is 1. The van der Waals surface area contributed by atoms with Crippen LogP contribution in [0.4, 0.5) is 0 Å². The molecule has 2 atom stereocenters. The van der Waals surface area contributed by atoms with E-state index in [1.54, 1.807) is 32.0 Å². The number of carbonyl (C=O) groups is 1. The Labute approximate surface area is 116 Å². The van der Waals surface area contributed by atoms with Gasteiger partial charge in [-0.3, -0.25) is 4.57 Å². The zero-order valence-electron chi connectivity index (χ0n) is 10.8. The van der Waals surface area contributed by atoms with Crippen molar-refractivity contribution in [3.63, 3.8) is 0 Å². The molecule has 0 amide bonds. The maximum absolute atomic E-state index is 12.1. The molecule has 0 bridgehead atoms. The van der Waals surface area contributed by atoms with Crippen LogP contribution in [-0.4, -0.2) is 18.7 Å². The molecule has 0 aliphatic carbocycles. The molecule has 0 aromatic heterocycles. The standard InChI is InChI=1S/C12H15ClNO4P/c1-7(2)17-12(15)11-9-6-8(13)4-5-10(9)18-19(3,16)14-11/h4-7,11H,1-3H3,(H,14,16). The maximum atomic E-state index is 12.1. The van der Waals surface area contributed by atoms with E-state index in [1.807, 2.05) is 0 Å². The fourth-order valence-electron chi connectivity index (χ4n) is 1.83. The summed E-state index contributed by atoms with van der Waals surface area (Å²) < 4.78 is 22.6. The summed E-state index contributed by atoms with van der Waals surface area (Å²) in [6.07, 6.45) is -0.254. The zero-order valence-corrected chi connectivity index (χ0v) is 12.5. The normalized spacial score (nSPS) is 25.6. The summed E-state index contributed by atoms with van der Waals surface area (Å²) in [4.78, 5) is 12.1. The minimum Gasteiger partial charge on any atom is -0.462 e. The fourth-order valence-corrected chi connectivity index (χ4v) is 3.31. The van der Waals surface area contributed by atoms with Gasteiger partial charge in [0.1, 0.15) is 11.8 Å². The van der Waals surface area contributed by atoms with Gasteiger partial charge in [-0.1, -0.05) is 11.6 Å². The lowest BCUT2D eigenvalue weighted by atomic mass is 10.1. The predicted octanol–water partition coefficient (Wildman–Crippen LogP) is 3.14. The SMILES string of the molecule is CC(C)OC(=O)C1NP(C)(=O)Oc2ccc(Cl)cc21. The van der Waals surface area contributed by atoms with Gasteiger partial charge in [0, 0.05) is 17.3 Å². The van der Waals surface area contributed by atoms with Crippen LogP contribution in [0.5, 0.6) is 5.75 Å². The molecule has 0 fully saturated rings. The van der Waals surface area contributed by atoms with Crippen molar-refractivity contribution in [2.45, 2.75) is 26.0 Å². The number of halogens is 1. The van der Waals surface area contributed by atoms with Gasteiger partial charge in [-0.05, 0) is 32.0 Å². The van der Waals surface area contributed by atoms with Gasteiger partial charge >= 0.3 is 13.5 Å². The molecule has 0 saturated carbocycles. The Hall–Kier alpha value is -1.03. The molecular formula is C12H15ClNO4P. The van der Waals surface area contributed by atoms with Crippen LogP contribution in [0, 0.1) is 0 Å². The average molecular weight is 304 g/mol. The summed E-state index contributed by atoms with van der Waals surface area (Å²) in [5.74, 6) is -0.108. The highest BCUT2D eigenvalue weighted by Crippen LogP contribution is 2.49. The van der Waals surface area contributed by atoms with Crippen molar-refractivity contribution in [2.24, 2.45) is 0 Å². The number of esters is 1. The highest BCUT2D eigenvalue weighted by Gasteiger charge is 2.37. The summed E-state index contributed by atoms with van der Waals surface area (Å²) in [7, 11) is -3.08. The van der Waals surface area contributed by atoms with E-state index in [0.717, 1.165) is 0 Å². The van der Waals surface area contributed by atoms with E-state index in [4.69, 9.17) is 20.9 Å². The summed E-state index contributed by atoms with van der Waals surface area (Å²) in [5.41, 5.74) is 0.534. The second kappa shape index (κ2) is 5.16. The zero-order chi connectivity index (χ0) is 14.2. The van der Waals surface area contributed by atoms with Crippen LogP contribution in [0.25, 0.3) is 0 Å². The molecule has 104 valence electrons. The lowest BCUT2D eigenvalue weighted by molar-refractivity contribution is -0.149. The Kier molecular flexibility index (Phi) is 3.90. The molecular weight excluding hydrogens is 289 g/mol. The second-order valence-electron chi connectivity index (χ2n) is 4.67. The fraction of sp³-hybridized carbons (Fsp3) is 0.417. The molecule has 1 aliphatic heterocycles. The molecule has 1 aliphatic rings. The summed E-state index contributed by atoms with van der Waals surface area (Å²) in [6.45, 7) is 4.92. The summed E-state index contributed by atoms with van der Waals surface area (Å²) in [5, 5.41) is 3.15. The molecule has 1 aromatic rings. The first-order chi connectivity index (χ1) is 8.78. The first-order valence-corrected chi connectivity index (χ1v) is 8.28. The van der Waals surface area contributed by atoms with Crippen molar-refractivity contribution in [1.29, 1.82) is 0 Å². The van der Waals surface area contributed by atoms with E-state index >= 15 is 0 Å². The van der Waals surface area contributed by atoms with Crippen LogP contribution in [0.15, 0.2) is 18.2 Å². The maximum Gasteiger partial charge on any atom is 0.328 e. The van der Waals surface area contributed by atoms with Gasteiger partial charge in [-0.15, -0.1) is 0 Å². The van der Waals surface area contributed by atoms with Gasteiger partial charge in [-0.25, -0.2) is 9.88 Å². The monoisotopic (exact) mass is 303 g/mol. The average Bonchev–Trinajstić information content (AvgIpc) is 2.27. The molecule has 0 spiro atoms. The van der Waals surface area contributed by atoms with Gasteiger partial charge in [0.05, 0.1) is 6.10 Å². The van der Waals surface area contributed by atoms with E-state index in [9.17, 15) is 9.36 Å². The Morgan fingerprint density at radius 1 is 1.53 bits per heavy atom. The van der Waals surface area contributed by atoms with Crippen LogP contribution in [-0.2, 0) is 14.1 Å². The number of hydrogen-bond acceptors (Lipinski definition) is 4. The lowest BCUT2D eigenvalue weighted by Crippen LogP contribution is -2.34. The minimum absolute atomic E-state index is 0.254. The van der Waals surface area contributed by atoms with Crippen molar-refractivity contribution < 1.29 is 18.6 Å². The third-order valence-electron chi connectivity index (χ3n) is 2.51. The van der Waals surface area contributed by atoms with Gasteiger partial charge in [0.2, 0.25) is 0 Å². The van der Waals surface area contributed by atoms with E-state index in [2.05, 4.69) is 5.09 Å². The molecule has 2 unspecified atom stereocenters. The van der Waals surface area contributed by atoms with Crippen LogP contribution in [0.1, 0.15) is 25.5 Å². The Bertz CT molecular complexity index is 561. The minimum atomic E-state index is -3.08. The molecule has 0 saturated heterocycles. The number of ether oxygens (including phenoxy) is 1. The van der Waals surface area contributed by atoms with E-state index in [0.29, 0.717) is 16.3 Å². The van der Waals surface area contributed by atoms with Gasteiger partial charge in [-0.2, -0.15) is 0 Å². The molecule has 1 N–H and O–H groups in total. The molecule has 1 aromatic carbocycles. The number of benzene rings is 1. The predicted molar refractivity (Wildman–Crippen MR) is 72.7 cm³/mol. The molecule has 0 radical (unpaired) electrons. The Morgan fingerprint density at radius 2 is 2.21 bits per heavy atom. The first-order valence-electron chi connectivity index (χ1n) is 5.83. The van der Waals surface area contributed by atoms with Gasteiger partial charge < -0.3 is 9.26 Å². The molecule has 7 heteroatoms. The van der Waals surface area contributed by atoms with Crippen molar-refractivity contribution in [2.75, 3.05) is 6.66 Å². The molecule has 19 heavy (non-hydrogen) atoms. The smallest absolute Gasteiger partial charge is 0.328 e. The third kappa shape index (κ3) is 3.30. The highest BCUT2D eigenvalue weighted by molar-refractivity contribution is 7.56. The number of fused-ring (bicyclic) bond motifs is 1. The van der Waals surface area contributed by atoms with Crippen LogP contribution in [0.3, 0.4) is 0 Å². The van der Waals surface area contributed by atoms with Crippen LogP contribution in [0.2, 0.25) is 5.02 Å². The van der Waals surface area contributed by atoms with Crippen molar-refractivity contribution >= 4 is 25.1 Å². The summed E-state index contributed by atoms with van der Waals surface area (Å²) >= 11 is 5.92. The van der Waals surface area contributed by atoms with E-state index in [1.165, 1.54) is 6.66 Å². The first kappa shape index (κ1) is 14.4. The molecule has 5 nitrogen and oxygen atoms in total. The Morgan fingerprint density at radius 3 is 2.84 bits per heavy atom. The molecule has 2 rings (SSSR count). The topological polar surface area (TPSA) is 64.6 Å².